The molecular weight excluding hydrogens is 953 g/mol. The van der Waals surface area contributed by atoms with Gasteiger partial charge in [0.1, 0.15) is 0 Å². The van der Waals surface area contributed by atoms with Gasteiger partial charge in [-0.25, -0.2) is 0 Å². The van der Waals surface area contributed by atoms with Gasteiger partial charge in [-0.1, -0.05) is 236 Å². The molecule has 2 heteroatoms. The summed E-state index contributed by atoms with van der Waals surface area (Å²) in [7, 11) is 0. The Morgan fingerprint density at radius 1 is 0.266 bits per heavy atom. The summed E-state index contributed by atoms with van der Waals surface area (Å²) in [4.78, 5) is 4.82. The molecule has 380 valence electrons. The van der Waals surface area contributed by atoms with Gasteiger partial charge in [-0.2, -0.15) is 0 Å². The van der Waals surface area contributed by atoms with Crippen LogP contribution in [0.4, 0.5) is 34.1 Å². The molecule has 12 aromatic rings. The second kappa shape index (κ2) is 18.5. The Bertz CT molecular complexity index is 4030. The molecule has 0 aromatic heterocycles. The van der Waals surface area contributed by atoms with Crippen molar-refractivity contribution < 1.29 is 0 Å². The Hall–Kier alpha value is -9.24. The monoisotopic (exact) mass is 1010 g/mol. The molecule has 0 radical (unpaired) electrons. The Morgan fingerprint density at radius 2 is 0.620 bits per heavy atom. The zero-order valence-corrected chi connectivity index (χ0v) is 45.8. The van der Waals surface area contributed by atoms with Crippen molar-refractivity contribution in [2.45, 2.75) is 57.8 Å². The van der Waals surface area contributed by atoms with Crippen molar-refractivity contribution in [2.24, 2.45) is 0 Å². The van der Waals surface area contributed by atoms with Crippen molar-refractivity contribution in [1.82, 2.24) is 0 Å². The van der Waals surface area contributed by atoms with Crippen LogP contribution in [0.25, 0.3) is 66.1 Å². The standard InChI is InChI=1S/C77H62N2/c1-75(2,3)57-35-43-71-69(49-57)70-50-58(76(4,5)6)36-44-72(70)77(71)73-65-41-37-63(78(59-27-15-9-16-28-59)61-31-19-25-53(45-61)51-21-11-7-12-22-51)47-55(65)33-39-67(73)68-40-34-56-48-64(38-42-66(56)74(68)77)79(60-29-17-10-18-30-60)62-32-20-26-54(46-62)52-23-13-8-14-24-52/h7-50H,1-6H3. The molecule has 0 bridgehead atoms. The maximum absolute atomic E-state index is 2.53. The predicted octanol–water partition coefficient (Wildman–Crippen LogP) is 21.2. The molecular formula is C77H62N2. The first-order valence-electron chi connectivity index (χ1n) is 27.9. The fraction of sp³-hybridized carbons (Fsp3) is 0.117. The number of anilines is 6. The van der Waals surface area contributed by atoms with Gasteiger partial charge in [-0.3, -0.25) is 0 Å². The number of para-hydroxylation sites is 2. The van der Waals surface area contributed by atoms with Crippen molar-refractivity contribution in [3.8, 4) is 44.5 Å². The maximum Gasteiger partial charge on any atom is 0.0737 e. The van der Waals surface area contributed by atoms with Crippen molar-refractivity contribution in [2.75, 3.05) is 9.80 Å². The van der Waals surface area contributed by atoms with Crippen LogP contribution in [0.5, 0.6) is 0 Å². The van der Waals surface area contributed by atoms with Crippen molar-refractivity contribution in [1.29, 1.82) is 0 Å². The summed E-state index contributed by atoms with van der Waals surface area (Å²) < 4.78 is 0. The van der Waals surface area contributed by atoms with E-state index in [0.717, 1.165) is 34.1 Å². The van der Waals surface area contributed by atoms with Crippen LogP contribution in [0, 0.1) is 0 Å². The van der Waals surface area contributed by atoms with Gasteiger partial charge in [0, 0.05) is 34.1 Å². The lowest BCUT2D eigenvalue weighted by Gasteiger charge is -2.33. The zero-order chi connectivity index (χ0) is 53.6. The SMILES string of the molecule is CC(C)(C)c1ccc2c(c1)-c1cc(C(C)(C)C)ccc1C21c2c(ccc3cc(N(c4ccccc4)c4cccc(-c5ccccc5)c4)ccc23)-c2ccc3cc(N(c4ccccc4)c4cccc(-c5ccccc5)c4)ccc3c21. The van der Waals surface area contributed by atoms with Gasteiger partial charge < -0.3 is 9.80 Å². The highest BCUT2D eigenvalue weighted by Crippen LogP contribution is 2.66. The summed E-state index contributed by atoms with van der Waals surface area (Å²) in [6.45, 7) is 14.1. The summed E-state index contributed by atoms with van der Waals surface area (Å²) in [5.74, 6) is 0. The molecule has 0 saturated carbocycles. The van der Waals surface area contributed by atoms with Gasteiger partial charge in [-0.15, -0.1) is 0 Å². The number of rotatable bonds is 8. The van der Waals surface area contributed by atoms with Gasteiger partial charge in [0.2, 0.25) is 0 Å². The van der Waals surface area contributed by atoms with E-state index in [2.05, 4.69) is 318 Å². The predicted molar refractivity (Wildman–Crippen MR) is 335 cm³/mol. The van der Waals surface area contributed by atoms with Crippen LogP contribution in [0.3, 0.4) is 0 Å². The average Bonchev–Trinajstić information content (AvgIpc) is 1.76. The summed E-state index contributed by atoms with van der Waals surface area (Å²) >= 11 is 0. The summed E-state index contributed by atoms with van der Waals surface area (Å²) in [6.07, 6.45) is 0. The highest BCUT2D eigenvalue weighted by molar-refractivity contribution is 6.10. The molecule has 0 aliphatic heterocycles. The van der Waals surface area contributed by atoms with E-state index in [4.69, 9.17) is 0 Å². The molecule has 79 heavy (non-hydrogen) atoms. The molecule has 0 unspecified atom stereocenters. The van der Waals surface area contributed by atoms with Gasteiger partial charge >= 0.3 is 0 Å². The van der Waals surface area contributed by atoms with Crippen LogP contribution in [0.15, 0.2) is 267 Å². The minimum atomic E-state index is -0.628. The van der Waals surface area contributed by atoms with Gasteiger partial charge in [0.25, 0.3) is 0 Å². The first-order valence-corrected chi connectivity index (χ1v) is 27.9. The molecule has 1 spiro atoms. The Labute approximate surface area is 465 Å². The molecule has 2 nitrogen and oxygen atoms in total. The fourth-order valence-electron chi connectivity index (χ4n) is 13.1. The van der Waals surface area contributed by atoms with Crippen LogP contribution in [0.2, 0.25) is 0 Å². The van der Waals surface area contributed by atoms with E-state index < -0.39 is 5.41 Å². The Morgan fingerprint density at radius 3 is 1.01 bits per heavy atom. The molecule has 2 aliphatic carbocycles. The van der Waals surface area contributed by atoms with Gasteiger partial charge in [-0.05, 0) is 183 Å². The van der Waals surface area contributed by atoms with Crippen LogP contribution in [-0.2, 0) is 16.2 Å². The molecule has 0 atom stereocenters. The zero-order valence-electron chi connectivity index (χ0n) is 45.8. The number of nitrogens with zero attached hydrogens (tertiary/aromatic N) is 2. The van der Waals surface area contributed by atoms with E-state index in [1.165, 1.54) is 99.4 Å². The summed E-state index contributed by atoms with van der Waals surface area (Å²) in [5.41, 5.74) is 24.1. The Balaban J connectivity index is 1.02. The first-order chi connectivity index (χ1) is 38.4. The van der Waals surface area contributed by atoms with Crippen molar-refractivity contribution in [3.05, 3.63) is 300 Å². The van der Waals surface area contributed by atoms with E-state index in [0.29, 0.717) is 0 Å². The van der Waals surface area contributed by atoms with Crippen LogP contribution >= 0.6 is 0 Å². The van der Waals surface area contributed by atoms with E-state index >= 15 is 0 Å². The third-order valence-electron chi connectivity index (χ3n) is 16.9. The highest BCUT2D eigenvalue weighted by Gasteiger charge is 2.54. The molecule has 14 rings (SSSR count). The van der Waals surface area contributed by atoms with Gasteiger partial charge in [0.05, 0.1) is 5.41 Å². The third-order valence-corrected chi connectivity index (χ3v) is 16.9. The average molecular weight is 1020 g/mol. The summed E-state index contributed by atoms with van der Waals surface area (Å²) in [6, 6.07) is 99.9. The minimum Gasteiger partial charge on any atom is -0.310 e. The fourth-order valence-corrected chi connectivity index (χ4v) is 13.1. The number of hydrogen-bond acceptors (Lipinski definition) is 2. The topological polar surface area (TPSA) is 6.48 Å². The molecule has 0 fully saturated rings. The van der Waals surface area contributed by atoms with E-state index in [9.17, 15) is 0 Å². The second-order valence-electron chi connectivity index (χ2n) is 23.7. The highest BCUT2D eigenvalue weighted by atomic mass is 15.1. The van der Waals surface area contributed by atoms with Crippen molar-refractivity contribution >= 4 is 55.7 Å². The molecule has 0 saturated heterocycles. The third kappa shape index (κ3) is 7.92. The molecule has 2 aliphatic rings. The Kier molecular flexibility index (Phi) is 11.3. The lowest BCUT2D eigenvalue weighted by molar-refractivity contribution is 0.589. The molecule has 12 aromatic carbocycles. The van der Waals surface area contributed by atoms with Gasteiger partial charge in [0.15, 0.2) is 0 Å². The van der Waals surface area contributed by atoms with Crippen LogP contribution in [-0.4, -0.2) is 0 Å². The number of hydrogen-bond donors (Lipinski definition) is 0. The van der Waals surface area contributed by atoms with Crippen LogP contribution in [0.1, 0.15) is 74.9 Å². The maximum atomic E-state index is 2.53. The normalized spacial score (nSPS) is 13.0. The first kappa shape index (κ1) is 48.2. The molecule has 0 N–H and O–H groups in total. The molecule has 0 heterocycles. The van der Waals surface area contributed by atoms with E-state index in [-0.39, 0.29) is 10.8 Å². The minimum absolute atomic E-state index is 0.0409. The quantitative estimate of drug-likeness (QED) is 0.150. The van der Waals surface area contributed by atoms with Crippen LogP contribution < -0.4 is 9.80 Å². The summed E-state index contributed by atoms with van der Waals surface area (Å²) in [5, 5.41) is 4.94. The second-order valence-corrected chi connectivity index (χ2v) is 23.7. The smallest absolute Gasteiger partial charge is 0.0737 e. The molecule has 0 amide bonds. The van der Waals surface area contributed by atoms with E-state index in [1.54, 1.807) is 0 Å². The van der Waals surface area contributed by atoms with E-state index in [1.807, 2.05) is 0 Å². The van der Waals surface area contributed by atoms with Crippen molar-refractivity contribution in [3.63, 3.8) is 0 Å². The lowest BCUT2D eigenvalue weighted by Crippen LogP contribution is -2.27. The lowest BCUT2D eigenvalue weighted by atomic mass is 9.68. The number of benzene rings is 12. The largest absolute Gasteiger partial charge is 0.310 e. The number of fused-ring (bicyclic) bond motifs is 14.